The van der Waals surface area contributed by atoms with Crippen LogP contribution in [0.1, 0.15) is 67.8 Å². The van der Waals surface area contributed by atoms with E-state index >= 15 is 0 Å². The molecule has 136 valence electrons. The number of nitrogens with zero attached hydrogens (tertiary/aromatic N) is 2. The van der Waals surface area contributed by atoms with Gasteiger partial charge in [-0.15, -0.1) is 0 Å². The van der Waals surface area contributed by atoms with Gasteiger partial charge >= 0.3 is 0 Å². The van der Waals surface area contributed by atoms with Gasteiger partial charge in [0, 0.05) is 37.7 Å². The van der Waals surface area contributed by atoms with Gasteiger partial charge in [0.1, 0.15) is 0 Å². The topological polar surface area (TPSA) is 40.6 Å². The summed E-state index contributed by atoms with van der Waals surface area (Å²) in [5, 5.41) is 0. The molecule has 1 saturated carbocycles. The third-order valence-corrected chi connectivity index (χ3v) is 5.99. The first kappa shape index (κ1) is 18.0. The lowest BCUT2D eigenvalue weighted by molar-refractivity contribution is -0.137. The minimum Gasteiger partial charge on any atom is -0.343 e. The van der Waals surface area contributed by atoms with Crippen molar-refractivity contribution in [2.45, 2.75) is 57.9 Å². The lowest BCUT2D eigenvalue weighted by atomic mass is 9.80. The van der Waals surface area contributed by atoms with Gasteiger partial charge < -0.3 is 9.80 Å². The Morgan fingerprint density at radius 3 is 2.12 bits per heavy atom. The number of likely N-dealkylation sites (tertiary alicyclic amines) is 1. The number of carbonyl (C=O) groups is 2. The zero-order chi connectivity index (χ0) is 18.0. The van der Waals surface area contributed by atoms with E-state index in [1.165, 1.54) is 24.8 Å². The zero-order valence-corrected chi connectivity index (χ0v) is 15.7. The molecule has 1 aromatic carbocycles. The summed E-state index contributed by atoms with van der Waals surface area (Å²) in [6, 6.07) is 8.40. The summed E-state index contributed by atoms with van der Waals surface area (Å²) in [6.07, 6.45) is 5.41. The first-order valence-corrected chi connectivity index (χ1v) is 9.63. The monoisotopic (exact) mass is 342 g/mol. The van der Waals surface area contributed by atoms with Crippen LogP contribution in [-0.4, -0.2) is 47.8 Å². The van der Waals surface area contributed by atoms with Crippen molar-refractivity contribution in [3.63, 3.8) is 0 Å². The first-order chi connectivity index (χ1) is 12.0. The Morgan fingerprint density at radius 2 is 1.64 bits per heavy atom. The second-order valence-electron chi connectivity index (χ2n) is 7.86. The van der Waals surface area contributed by atoms with Crippen LogP contribution in [0, 0.1) is 5.92 Å². The fraction of sp³-hybridized carbons (Fsp3) is 0.619. The fourth-order valence-corrected chi connectivity index (χ4v) is 3.69. The smallest absolute Gasteiger partial charge is 0.253 e. The van der Waals surface area contributed by atoms with Crippen LogP contribution in [-0.2, 0) is 4.79 Å². The molecule has 25 heavy (non-hydrogen) atoms. The largest absolute Gasteiger partial charge is 0.343 e. The number of piperidine rings is 1. The maximum Gasteiger partial charge on any atom is 0.253 e. The molecule has 2 aliphatic rings. The molecule has 0 bridgehead atoms. The van der Waals surface area contributed by atoms with E-state index in [0.29, 0.717) is 19.0 Å². The van der Waals surface area contributed by atoms with Gasteiger partial charge in [0.05, 0.1) is 0 Å². The van der Waals surface area contributed by atoms with Crippen molar-refractivity contribution in [2.75, 3.05) is 20.1 Å². The van der Waals surface area contributed by atoms with E-state index in [-0.39, 0.29) is 23.8 Å². The number of hydrogen-bond donors (Lipinski definition) is 0. The predicted molar refractivity (Wildman–Crippen MR) is 99.6 cm³/mol. The molecule has 4 heteroatoms. The molecular weight excluding hydrogens is 312 g/mol. The van der Waals surface area contributed by atoms with E-state index < -0.39 is 0 Å². The van der Waals surface area contributed by atoms with Crippen LogP contribution in [0.25, 0.3) is 0 Å². The van der Waals surface area contributed by atoms with Gasteiger partial charge in [0.25, 0.3) is 5.91 Å². The molecule has 1 saturated heterocycles. The van der Waals surface area contributed by atoms with Crippen LogP contribution in [0.2, 0.25) is 0 Å². The first-order valence-electron chi connectivity index (χ1n) is 9.63. The Labute approximate surface area is 151 Å². The molecule has 0 atom stereocenters. The van der Waals surface area contributed by atoms with Crippen molar-refractivity contribution in [3.05, 3.63) is 35.4 Å². The van der Waals surface area contributed by atoms with E-state index in [0.717, 1.165) is 18.4 Å². The molecule has 1 aromatic rings. The highest BCUT2D eigenvalue weighted by molar-refractivity contribution is 5.94. The Hall–Kier alpha value is -1.84. The maximum atomic E-state index is 12.7. The molecule has 2 amide bonds. The van der Waals surface area contributed by atoms with Crippen molar-refractivity contribution in [2.24, 2.45) is 5.92 Å². The minimum atomic E-state index is 0.0532. The standard InChI is InChI=1S/C21H30N2O2/c1-15(2)22(3)20(24)19-11-13-23(14-12-19)21(25)18-9-7-17(8-10-18)16-5-4-6-16/h7-10,15-16,19H,4-6,11-14H2,1-3H3. The highest BCUT2D eigenvalue weighted by Gasteiger charge is 2.30. The van der Waals surface area contributed by atoms with Crippen molar-refractivity contribution in [1.82, 2.24) is 9.80 Å². The van der Waals surface area contributed by atoms with Crippen molar-refractivity contribution < 1.29 is 9.59 Å². The molecule has 0 unspecified atom stereocenters. The highest BCUT2D eigenvalue weighted by atomic mass is 16.2. The summed E-state index contributed by atoms with van der Waals surface area (Å²) < 4.78 is 0. The molecule has 0 aromatic heterocycles. The van der Waals surface area contributed by atoms with Crippen LogP contribution in [0.5, 0.6) is 0 Å². The van der Waals surface area contributed by atoms with Crippen LogP contribution in [0.3, 0.4) is 0 Å². The molecule has 4 nitrogen and oxygen atoms in total. The summed E-state index contributed by atoms with van der Waals surface area (Å²) in [5.41, 5.74) is 2.14. The lowest BCUT2D eigenvalue weighted by Gasteiger charge is -2.34. The summed E-state index contributed by atoms with van der Waals surface area (Å²) in [4.78, 5) is 28.9. The number of carbonyl (C=O) groups excluding carboxylic acids is 2. The minimum absolute atomic E-state index is 0.0532. The second-order valence-corrected chi connectivity index (χ2v) is 7.86. The Bertz CT molecular complexity index is 611. The van der Waals surface area contributed by atoms with Gasteiger partial charge in [0.15, 0.2) is 0 Å². The van der Waals surface area contributed by atoms with Gasteiger partial charge in [-0.25, -0.2) is 0 Å². The summed E-state index contributed by atoms with van der Waals surface area (Å²) in [5.74, 6) is 1.07. The SMILES string of the molecule is CC(C)N(C)C(=O)C1CCN(C(=O)c2ccc(C3CCC3)cc2)CC1. The molecule has 1 aliphatic carbocycles. The number of rotatable bonds is 4. The van der Waals surface area contributed by atoms with Gasteiger partial charge in [-0.2, -0.15) is 0 Å². The van der Waals surface area contributed by atoms with E-state index in [1.807, 2.05) is 42.8 Å². The lowest BCUT2D eigenvalue weighted by Crippen LogP contribution is -2.45. The van der Waals surface area contributed by atoms with E-state index in [1.54, 1.807) is 0 Å². The summed E-state index contributed by atoms with van der Waals surface area (Å²) >= 11 is 0. The molecular formula is C21H30N2O2. The third kappa shape index (κ3) is 3.88. The maximum absolute atomic E-state index is 12.7. The second kappa shape index (κ2) is 7.59. The van der Waals surface area contributed by atoms with E-state index in [9.17, 15) is 9.59 Å². The van der Waals surface area contributed by atoms with Crippen molar-refractivity contribution >= 4 is 11.8 Å². The normalized spacial score (nSPS) is 19.0. The van der Waals surface area contributed by atoms with Gasteiger partial charge in [-0.05, 0) is 63.1 Å². The van der Waals surface area contributed by atoms with Crippen LogP contribution in [0.15, 0.2) is 24.3 Å². The molecule has 0 spiro atoms. The highest BCUT2D eigenvalue weighted by Crippen LogP contribution is 2.36. The Balaban J connectivity index is 1.55. The fourth-order valence-electron chi connectivity index (χ4n) is 3.69. The van der Waals surface area contributed by atoms with Crippen LogP contribution < -0.4 is 0 Å². The van der Waals surface area contributed by atoms with Crippen LogP contribution >= 0.6 is 0 Å². The van der Waals surface area contributed by atoms with Crippen LogP contribution in [0.4, 0.5) is 0 Å². The third-order valence-electron chi connectivity index (χ3n) is 5.99. The van der Waals surface area contributed by atoms with Gasteiger partial charge in [-0.1, -0.05) is 18.6 Å². The molecule has 0 radical (unpaired) electrons. The van der Waals surface area contributed by atoms with Crippen molar-refractivity contribution in [1.29, 1.82) is 0 Å². The number of hydrogen-bond acceptors (Lipinski definition) is 2. The Morgan fingerprint density at radius 1 is 1.04 bits per heavy atom. The van der Waals surface area contributed by atoms with E-state index in [4.69, 9.17) is 0 Å². The average Bonchev–Trinajstić information content (AvgIpc) is 2.59. The van der Waals surface area contributed by atoms with Gasteiger partial charge in [-0.3, -0.25) is 9.59 Å². The number of amides is 2. The summed E-state index contributed by atoms with van der Waals surface area (Å²) in [6.45, 7) is 5.41. The molecule has 2 fully saturated rings. The van der Waals surface area contributed by atoms with Gasteiger partial charge in [0.2, 0.25) is 5.91 Å². The quantitative estimate of drug-likeness (QED) is 0.837. The number of benzene rings is 1. The zero-order valence-electron chi connectivity index (χ0n) is 15.7. The van der Waals surface area contributed by atoms with E-state index in [2.05, 4.69) is 12.1 Å². The summed E-state index contributed by atoms with van der Waals surface area (Å²) in [7, 11) is 1.87. The molecule has 0 N–H and O–H groups in total. The van der Waals surface area contributed by atoms with Crippen molar-refractivity contribution in [3.8, 4) is 0 Å². The predicted octanol–water partition coefficient (Wildman–Crippen LogP) is 3.67. The Kier molecular flexibility index (Phi) is 5.45. The molecule has 1 heterocycles. The molecule has 1 aliphatic heterocycles. The average molecular weight is 342 g/mol. The molecule has 3 rings (SSSR count).